The van der Waals surface area contributed by atoms with E-state index in [1.54, 1.807) is 6.20 Å². The molecule has 18 heavy (non-hydrogen) atoms. The fraction of sp³-hybridized carbons (Fsp3) is 0.143. The van der Waals surface area contributed by atoms with E-state index in [0.29, 0.717) is 0 Å². The highest BCUT2D eigenvalue weighted by Gasteiger charge is 2.12. The fourth-order valence-electron chi connectivity index (χ4n) is 2.13. The SMILES string of the molecule is Cc1ccc(N)c(-c2nc3cccnc3n2C)c1. The number of aromatic nitrogens is 3. The van der Waals surface area contributed by atoms with Gasteiger partial charge in [-0.05, 0) is 31.2 Å². The van der Waals surface area contributed by atoms with E-state index in [0.717, 1.165) is 28.2 Å². The Bertz CT molecular complexity index is 728. The first-order valence-corrected chi connectivity index (χ1v) is 5.81. The van der Waals surface area contributed by atoms with Crippen molar-refractivity contribution in [2.45, 2.75) is 6.92 Å². The molecule has 1 aromatic carbocycles. The number of hydrogen-bond donors (Lipinski definition) is 1. The maximum atomic E-state index is 6.04. The van der Waals surface area contributed by atoms with E-state index in [2.05, 4.69) is 16.0 Å². The summed E-state index contributed by atoms with van der Waals surface area (Å²) in [6.45, 7) is 2.05. The number of hydrogen-bond acceptors (Lipinski definition) is 3. The van der Waals surface area contributed by atoms with E-state index in [1.165, 1.54) is 5.56 Å². The second-order valence-electron chi connectivity index (χ2n) is 4.43. The first kappa shape index (κ1) is 10.8. The molecule has 0 saturated carbocycles. The fourth-order valence-corrected chi connectivity index (χ4v) is 2.13. The molecule has 90 valence electrons. The molecule has 0 radical (unpaired) electrons. The lowest BCUT2D eigenvalue weighted by Crippen LogP contribution is -1.97. The molecule has 0 fully saturated rings. The summed E-state index contributed by atoms with van der Waals surface area (Å²) in [5.41, 5.74) is 10.6. The Balaban J connectivity index is 2.31. The normalized spacial score (nSPS) is 11.0. The summed E-state index contributed by atoms with van der Waals surface area (Å²) in [5.74, 6) is 0.852. The highest BCUT2D eigenvalue weighted by Crippen LogP contribution is 2.27. The van der Waals surface area contributed by atoms with Crippen LogP contribution < -0.4 is 5.73 Å². The number of imidazole rings is 1. The summed E-state index contributed by atoms with van der Waals surface area (Å²) in [7, 11) is 1.96. The molecule has 2 N–H and O–H groups in total. The van der Waals surface area contributed by atoms with Gasteiger partial charge in [0.1, 0.15) is 11.3 Å². The Morgan fingerprint density at radius 3 is 2.83 bits per heavy atom. The molecule has 2 aromatic heterocycles. The third-order valence-electron chi connectivity index (χ3n) is 3.08. The molecule has 0 aliphatic carbocycles. The Labute approximate surface area is 105 Å². The molecule has 2 heterocycles. The lowest BCUT2D eigenvalue weighted by atomic mass is 10.1. The van der Waals surface area contributed by atoms with Crippen molar-refractivity contribution in [3.8, 4) is 11.4 Å². The van der Waals surface area contributed by atoms with Crippen LogP contribution >= 0.6 is 0 Å². The number of benzene rings is 1. The number of nitrogens with two attached hydrogens (primary N) is 1. The van der Waals surface area contributed by atoms with Crippen molar-refractivity contribution in [1.82, 2.24) is 14.5 Å². The third kappa shape index (κ3) is 1.54. The van der Waals surface area contributed by atoms with Crippen molar-refractivity contribution in [3.05, 3.63) is 42.1 Å². The van der Waals surface area contributed by atoms with Gasteiger partial charge in [0.25, 0.3) is 0 Å². The van der Waals surface area contributed by atoms with E-state index < -0.39 is 0 Å². The van der Waals surface area contributed by atoms with Gasteiger partial charge in [-0.1, -0.05) is 11.6 Å². The highest BCUT2D eigenvalue weighted by atomic mass is 15.1. The number of fused-ring (bicyclic) bond motifs is 1. The van der Waals surface area contributed by atoms with Crippen LogP contribution in [0, 0.1) is 6.92 Å². The molecule has 0 aliphatic heterocycles. The van der Waals surface area contributed by atoms with Crippen LogP contribution in [0.1, 0.15) is 5.56 Å². The van der Waals surface area contributed by atoms with Gasteiger partial charge in [0.2, 0.25) is 0 Å². The van der Waals surface area contributed by atoms with Crippen LogP contribution in [0.25, 0.3) is 22.6 Å². The molecule has 3 aromatic rings. The Morgan fingerprint density at radius 2 is 2.06 bits per heavy atom. The van der Waals surface area contributed by atoms with Gasteiger partial charge < -0.3 is 10.3 Å². The number of anilines is 1. The zero-order valence-electron chi connectivity index (χ0n) is 10.4. The predicted octanol–water partition coefficient (Wildman–Crippen LogP) is 2.53. The van der Waals surface area contributed by atoms with E-state index in [4.69, 9.17) is 5.73 Å². The van der Waals surface area contributed by atoms with Crippen LogP contribution in [0.5, 0.6) is 0 Å². The van der Waals surface area contributed by atoms with Gasteiger partial charge in [-0.2, -0.15) is 0 Å². The summed E-state index contributed by atoms with van der Waals surface area (Å²) in [6, 6.07) is 9.81. The molecule has 0 bridgehead atoms. The molecule has 3 rings (SSSR count). The predicted molar refractivity (Wildman–Crippen MR) is 73.1 cm³/mol. The van der Waals surface area contributed by atoms with Crippen LogP contribution in [-0.4, -0.2) is 14.5 Å². The van der Waals surface area contributed by atoms with Gasteiger partial charge in [-0.3, -0.25) is 0 Å². The minimum absolute atomic E-state index is 0.735. The second-order valence-corrected chi connectivity index (χ2v) is 4.43. The lowest BCUT2D eigenvalue weighted by Gasteiger charge is -2.06. The topological polar surface area (TPSA) is 56.7 Å². The van der Waals surface area contributed by atoms with E-state index in [-0.39, 0.29) is 0 Å². The molecule has 4 nitrogen and oxygen atoms in total. The average molecular weight is 238 g/mol. The van der Waals surface area contributed by atoms with Crippen molar-refractivity contribution in [3.63, 3.8) is 0 Å². The summed E-state index contributed by atoms with van der Waals surface area (Å²) >= 11 is 0. The average Bonchev–Trinajstić information content (AvgIpc) is 2.71. The summed E-state index contributed by atoms with van der Waals surface area (Å²) in [4.78, 5) is 8.94. The molecular formula is C14H14N4. The van der Waals surface area contributed by atoms with E-state index >= 15 is 0 Å². The highest BCUT2D eigenvalue weighted by molar-refractivity contribution is 5.81. The summed E-state index contributed by atoms with van der Waals surface area (Å²) in [6.07, 6.45) is 1.77. The zero-order chi connectivity index (χ0) is 12.7. The standard InChI is InChI=1S/C14H14N4/c1-9-5-6-11(15)10(8-9)13-17-12-4-3-7-16-14(12)18(13)2/h3-8H,15H2,1-2H3. The number of rotatable bonds is 1. The van der Waals surface area contributed by atoms with Gasteiger partial charge in [-0.15, -0.1) is 0 Å². The largest absolute Gasteiger partial charge is 0.398 e. The first-order chi connectivity index (χ1) is 8.66. The Hall–Kier alpha value is -2.36. The van der Waals surface area contributed by atoms with Crippen LogP contribution in [0.15, 0.2) is 36.5 Å². The molecule has 0 unspecified atom stereocenters. The minimum Gasteiger partial charge on any atom is -0.398 e. The van der Waals surface area contributed by atoms with Crippen molar-refractivity contribution in [2.24, 2.45) is 7.05 Å². The van der Waals surface area contributed by atoms with Gasteiger partial charge in [0.15, 0.2) is 5.65 Å². The number of nitrogens with zero attached hydrogens (tertiary/aromatic N) is 3. The summed E-state index contributed by atoms with van der Waals surface area (Å²) in [5, 5.41) is 0. The van der Waals surface area contributed by atoms with Crippen molar-refractivity contribution < 1.29 is 0 Å². The molecule has 4 heteroatoms. The van der Waals surface area contributed by atoms with Crippen molar-refractivity contribution in [2.75, 3.05) is 5.73 Å². The van der Waals surface area contributed by atoms with Crippen LogP contribution in [-0.2, 0) is 7.05 Å². The molecule has 0 aliphatic rings. The lowest BCUT2D eigenvalue weighted by molar-refractivity contribution is 0.942. The molecule has 0 atom stereocenters. The van der Waals surface area contributed by atoms with Crippen LogP contribution in [0.3, 0.4) is 0 Å². The molecule has 0 spiro atoms. The van der Waals surface area contributed by atoms with E-state index in [9.17, 15) is 0 Å². The third-order valence-corrected chi connectivity index (χ3v) is 3.08. The van der Waals surface area contributed by atoms with Gasteiger partial charge in [0.05, 0.1) is 0 Å². The summed E-state index contributed by atoms with van der Waals surface area (Å²) < 4.78 is 1.97. The Kier molecular flexibility index (Phi) is 2.30. The van der Waals surface area contributed by atoms with Gasteiger partial charge >= 0.3 is 0 Å². The smallest absolute Gasteiger partial charge is 0.159 e. The maximum Gasteiger partial charge on any atom is 0.159 e. The first-order valence-electron chi connectivity index (χ1n) is 5.81. The Morgan fingerprint density at radius 1 is 1.22 bits per heavy atom. The maximum absolute atomic E-state index is 6.04. The second kappa shape index (κ2) is 3.84. The van der Waals surface area contributed by atoms with Crippen molar-refractivity contribution in [1.29, 1.82) is 0 Å². The van der Waals surface area contributed by atoms with Crippen LogP contribution in [0.4, 0.5) is 5.69 Å². The van der Waals surface area contributed by atoms with E-state index in [1.807, 2.05) is 42.8 Å². The number of pyridine rings is 1. The monoisotopic (exact) mass is 238 g/mol. The minimum atomic E-state index is 0.735. The molecule has 0 saturated heterocycles. The quantitative estimate of drug-likeness (QED) is 0.663. The molecular weight excluding hydrogens is 224 g/mol. The number of aryl methyl sites for hydroxylation is 2. The van der Waals surface area contributed by atoms with Gasteiger partial charge in [-0.25, -0.2) is 9.97 Å². The molecule has 0 amide bonds. The van der Waals surface area contributed by atoms with Crippen molar-refractivity contribution >= 4 is 16.9 Å². The van der Waals surface area contributed by atoms with Crippen LogP contribution in [0.2, 0.25) is 0 Å². The zero-order valence-corrected chi connectivity index (χ0v) is 10.4. The number of nitrogen functional groups attached to an aromatic ring is 1. The van der Waals surface area contributed by atoms with Gasteiger partial charge in [0, 0.05) is 24.5 Å².